The van der Waals surface area contributed by atoms with Gasteiger partial charge in [-0.3, -0.25) is 0 Å². The van der Waals surface area contributed by atoms with Gasteiger partial charge in [0.25, 0.3) is 0 Å². The van der Waals surface area contributed by atoms with E-state index in [0.717, 1.165) is 37.0 Å². The number of aliphatic hydroxyl groups is 1. The van der Waals surface area contributed by atoms with Crippen molar-refractivity contribution in [1.29, 1.82) is 5.26 Å². The van der Waals surface area contributed by atoms with Gasteiger partial charge in [-0.1, -0.05) is 18.6 Å². The summed E-state index contributed by atoms with van der Waals surface area (Å²) in [6, 6.07) is 9.66. The Balaban J connectivity index is 1.85. The maximum Gasteiger partial charge on any atom is 0.119 e. The Morgan fingerprint density at radius 3 is 3.11 bits per heavy atom. The maximum atomic E-state index is 9.14. The lowest BCUT2D eigenvalue weighted by atomic mass is 9.87. The fourth-order valence-corrected chi connectivity index (χ4v) is 2.70. The van der Waals surface area contributed by atoms with Crippen LogP contribution in [0.25, 0.3) is 0 Å². The molecule has 4 heteroatoms. The number of hydrogen-bond donors (Lipinski definition) is 2. The summed E-state index contributed by atoms with van der Waals surface area (Å²) in [7, 11) is 0. The first-order chi connectivity index (χ1) is 9.18. The minimum absolute atomic E-state index is 0.0141. The van der Waals surface area contributed by atoms with Crippen molar-refractivity contribution in [2.24, 2.45) is 11.7 Å². The fourth-order valence-electron chi connectivity index (χ4n) is 2.70. The van der Waals surface area contributed by atoms with Crippen molar-refractivity contribution in [2.75, 3.05) is 6.61 Å². The van der Waals surface area contributed by atoms with Crippen molar-refractivity contribution in [3.05, 3.63) is 29.8 Å². The van der Waals surface area contributed by atoms with E-state index in [2.05, 4.69) is 6.07 Å². The predicted molar refractivity (Wildman–Crippen MR) is 72.3 cm³/mol. The van der Waals surface area contributed by atoms with Crippen LogP contribution in [0, 0.1) is 17.2 Å². The summed E-state index contributed by atoms with van der Waals surface area (Å²) in [4.78, 5) is 0. The third kappa shape index (κ3) is 3.25. The van der Waals surface area contributed by atoms with Gasteiger partial charge in [0.15, 0.2) is 0 Å². The Bertz CT molecular complexity index is 469. The van der Waals surface area contributed by atoms with Crippen LogP contribution >= 0.6 is 0 Å². The summed E-state index contributed by atoms with van der Waals surface area (Å²) >= 11 is 0. The molecule has 2 atom stereocenters. The molecule has 2 rings (SSSR count). The third-order valence-electron chi connectivity index (χ3n) is 3.90. The SMILES string of the molecule is N#CC1(N)CCCC1CCOc1cccc(CO)c1. The Hall–Kier alpha value is -1.57. The Morgan fingerprint density at radius 1 is 1.53 bits per heavy atom. The zero-order valence-electron chi connectivity index (χ0n) is 11.0. The van der Waals surface area contributed by atoms with Gasteiger partial charge in [0, 0.05) is 0 Å². The highest BCUT2D eigenvalue weighted by Gasteiger charge is 2.39. The Morgan fingerprint density at radius 2 is 2.37 bits per heavy atom. The molecule has 0 amide bonds. The number of nitrogens with two attached hydrogens (primary N) is 1. The Kier molecular flexibility index (Phi) is 4.41. The first-order valence-corrected chi connectivity index (χ1v) is 6.70. The van der Waals surface area contributed by atoms with E-state index in [4.69, 9.17) is 20.8 Å². The zero-order chi connectivity index (χ0) is 13.7. The quantitative estimate of drug-likeness (QED) is 0.848. The lowest BCUT2D eigenvalue weighted by Gasteiger charge is -2.23. The minimum atomic E-state index is -0.670. The summed E-state index contributed by atoms with van der Waals surface area (Å²) in [6.07, 6.45) is 3.61. The molecule has 0 spiro atoms. The second-order valence-electron chi connectivity index (χ2n) is 5.18. The number of hydrogen-bond acceptors (Lipinski definition) is 4. The smallest absolute Gasteiger partial charge is 0.119 e. The largest absolute Gasteiger partial charge is 0.494 e. The number of nitriles is 1. The minimum Gasteiger partial charge on any atom is -0.494 e. The van der Waals surface area contributed by atoms with Crippen LogP contribution < -0.4 is 10.5 Å². The molecule has 0 aliphatic heterocycles. The summed E-state index contributed by atoms with van der Waals surface area (Å²) < 4.78 is 5.67. The van der Waals surface area contributed by atoms with Crippen LogP contribution in [-0.4, -0.2) is 17.3 Å². The highest BCUT2D eigenvalue weighted by atomic mass is 16.5. The second kappa shape index (κ2) is 6.05. The topological polar surface area (TPSA) is 79.3 Å². The first-order valence-electron chi connectivity index (χ1n) is 6.70. The van der Waals surface area contributed by atoms with Gasteiger partial charge >= 0.3 is 0 Å². The molecule has 2 unspecified atom stereocenters. The van der Waals surface area contributed by atoms with Crippen molar-refractivity contribution in [3.8, 4) is 11.8 Å². The van der Waals surface area contributed by atoms with Gasteiger partial charge in [-0.25, -0.2) is 0 Å². The third-order valence-corrected chi connectivity index (χ3v) is 3.90. The van der Waals surface area contributed by atoms with Crippen LogP contribution in [-0.2, 0) is 6.61 Å². The average Bonchev–Trinajstić information content (AvgIpc) is 2.81. The van der Waals surface area contributed by atoms with Crippen molar-refractivity contribution in [3.63, 3.8) is 0 Å². The van der Waals surface area contributed by atoms with E-state index in [9.17, 15) is 0 Å². The number of nitrogens with zero attached hydrogens (tertiary/aromatic N) is 1. The first kappa shape index (κ1) is 13.9. The van der Waals surface area contributed by atoms with Gasteiger partial charge in [0.05, 0.1) is 19.3 Å². The van der Waals surface area contributed by atoms with E-state index < -0.39 is 5.54 Å². The summed E-state index contributed by atoms with van der Waals surface area (Å²) in [5, 5.41) is 18.2. The fraction of sp³-hybridized carbons (Fsp3) is 0.533. The zero-order valence-corrected chi connectivity index (χ0v) is 11.0. The van der Waals surface area contributed by atoms with Crippen molar-refractivity contribution in [1.82, 2.24) is 0 Å². The molecule has 1 aromatic rings. The molecular formula is C15H20N2O2. The van der Waals surface area contributed by atoms with Crippen molar-refractivity contribution < 1.29 is 9.84 Å². The number of benzene rings is 1. The molecule has 102 valence electrons. The van der Waals surface area contributed by atoms with Gasteiger partial charge in [0.2, 0.25) is 0 Å². The normalized spacial score (nSPS) is 26.1. The van der Waals surface area contributed by atoms with Crippen LogP contribution in [0.1, 0.15) is 31.2 Å². The van der Waals surface area contributed by atoms with E-state index >= 15 is 0 Å². The van der Waals surface area contributed by atoms with Crippen LogP contribution in [0.15, 0.2) is 24.3 Å². The van der Waals surface area contributed by atoms with Gasteiger partial charge < -0.3 is 15.6 Å². The summed E-state index contributed by atoms with van der Waals surface area (Å²) in [5.41, 5.74) is 6.24. The molecule has 3 N–H and O–H groups in total. The summed E-state index contributed by atoms with van der Waals surface area (Å²) in [6.45, 7) is 0.570. The van der Waals surface area contributed by atoms with E-state index in [1.54, 1.807) is 0 Å². The molecule has 0 radical (unpaired) electrons. The lowest BCUT2D eigenvalue weighted by Crippen LogP contribution is -2.42. The average molecular weight is 260 g/mol. The van der Waals surface area contributed by atoms with E-state index in [1.807, 2.05) is 24.3 Å². The lowest BCUT2D eigenvalue weighted by molar-refractivity contribution is 0.252. The molecule has 4 nitrogen and oxygen atoms in total. The van der Waals surface area contributed by atoms with Crippen LogP contribution in [0.2, 0.25) is 0 Å². The molecule has 0 aromatic heterocycles. The molecule has 0 bridgehead atoms. The predicted octanol–water partition coefficient (Wildman–Crippen LogP) is 1.97. The maximum absolute atomic E-state index is 9.14. The van der Waals surface area contributed by atoms with Gasteiger partial charge in [-0.15, -0.1) is 0 Å². The number of aliphatic hydroxyl groups excluding tert-OH is 1. The van der Waals surface area contributed by atoms with Crippen LogP contribution in [0.5, 0.6) is 5.75 Å². The van der Waals surface area contributed by atoms with Crippen molar-refractivity contribution >= 4 is 0 Å². The van der Waals surface area contributed by atoms with Gasteiger partial charge in [-0.05, 0) is 42.9 Å². The molecule has 19 heavy (non-hydrogen) atoms. The highest BCUT2D eigenvalue weighted by molar-refractivity contribution is 5.28. The van der Waals surface area contributed by atoms with Crippen LogP contribution in [0.4, 0.5) is 0 Å². The van der Waals surface area contributed by atoms with E-state index in [-0.39, 0.29) is 12.5 Å². The monoisotopic (exact) mass is 260 g/mol. The standard InChI is InChI=1S/C15H20N2O2/c16-11-15(17)7-2-4-13(15)6-8-19-14-5-1-3-12(9-14)10-18/h1,3,5,9,13,18H,2,4,6-8,10,17H2. The number of rotatable bonds is 5. The highest BCUT2D eigenvalue weighted by Crippen LogP contribution is 2.35. The van der Waals surface area contributed by atoms with E-state index in [0.29, 0.717) is 6.61 Å². The molecule has 0 heterocycles. The number of ether oxygens (including phenoxy) is 1. The molecular weight excluding hydrogens is 240 g/mol. The molecule has 1 fully saturated rings. The van der Waals surface area contributed by atoms with E-state index in [1.165, 1.54) is 0 Å². The molecule has 1 saturated carbocycles. The van der Waals surface area contributed by atoms with Gasteiger partial charge in [-0.2, -0.15) is 5.26 Å². The van der Waals surface area contributed by atoms with Crippen LogP contribution in [0.3, 0.4) is 0 Å². The molecule has 1 aliphatic carbocycles. The second-order valence-corrected chi connectivity index (χ2v) is 5.18. The van der Waals surface area contributed by atoms with Gasteiger partial charge in [0.1, 0.15) is 11.3 Å². The summed E-state index contributed by atoms with van der Waals surface area (Å²) in [5.74, 6) is 0.975. The Labute approximate surface area is 113 Å². The molecule has 0 saturated heterocycles. The molecule has 1 aromatic carbocycles. The van der Waals surface area contributed by atoms with Crippen molar-refractivity contribution in [2.45, 2.75) is 37.8 Å². The molecule has 1 aliphatic rings.